The Hall–Kier alpha value is -1.97. The van der Waals surface area contributed by atoms with Gasteiger partial charge in [0.25, 0.3) is 0 Å². The molecule has 1 heterocycles. The zero-order valence-corrected chi connectivity index (χ0v) is 11.3. The third kappa shape index (κ3) is 2.18. The van der Waals surface area contributed by atoms with Crippen LogP contribution in [0.3, 0.4) is 0 Å². The lowest BCUT2D eigenvalue weighted by molar-refractivity contribution is -0.130. The summed E-state index contributed by atoms with van der Waals surface area (Å²) >= 11 is 0. The second-order valence-electron chi connectivity index (χ2n) is 5.07. The first-order chi connectivity index (χ1) is 9.20. The number of likely N-dealkylation sites (N-methyl/N-ethyl adjacent to an activating group) is 1. The monoisotopic (exact) mass is 258 g/mol. The zero-order valence-electron chi connectivity index (χ0n) is 11.3. The fraction of sp³-hybridized carbons (Fsp3) is 0.400. The summed E-state index contributed by atoms with van der Waals surface area (Å²) in [6.07, 6.45) is 4.23. The summed E-state index contributed by atoms with van der Waals surface area (Å²) in [5.74, 6) is 1.02. The number of hydrogen-bond acceptors (Lipinski definition) is 2. The van der Waals surface area contributed by atoms with Crippen LogP contribution in [0.25, 0.3) is 10.9 Å². The van der Waals surface area contributed by atoms with Gasteiger partial charge in [0.2, 0.25) is 5.91 Å². The Kier molecular flexibility index (Phi) is 2.93. The first-order valence-electron chi connectivity index (χ1n) is 6.58. The number of carbonyl (C=O) groups is 1. The van der Waals surface area contributed by atoms with Crippen LogP contribution >= 0.6 is 0 Å². The van der Waals surface area contributed by atoms with E-state index in [9.17, 15) is 4.79 Å². The molecule has 0 unspecified atom stereocenters. The highest BCUT2D eigenvalue weighted by molar-refractivity contribution is 5.88. The highest BCUT2D eigenvalue weighted by Gasteiger charge is 2.29. The summed E-state index contributed by atoms with van der Waals surface area (Å²) < 4.78 is 7.32. The standard InChI is InChI=1S/C15H18N2O2/c1-16(11-6-7-11)15(18)10-17-9-8-12-13(17)4-3-5-14(12)19-2/h3-5,8-9,11H,6-7,10H2,1-2H3. The Morgan fingerprint density at radius 2 is 2.21 bits per heavy atom. The summed E-state index contributed by atoms with van der Waals surface area (Å²) in [5, 5.41) is 1.05. The van der Waals surface area contributed by atoms with Crippen LogP contribution < -0.4 is 4.74 Å². The Labute approximate surface area is 112 Å². The van der Waals surface area contributed by atoms with Crippen LogP contribution in [-0.2, 0) is 11.3 Å². The maximum absolute atomic E-state index is 12.2. The zero-order chi connectivity index (χ0) is 13.4. The van der Waals surface area contributed by atoms with Gasteiger partial charge in [-0.1, -0.05) is 6.07 Å². The van der Waals surface area contributed by atoms with E-state index in [1.165, 1.54) is 0 Å². The second kappa shape index (κ2) is 4.61. The van der Waals surface area contributed by atoms with E-state index in [1.54, 1.807) is 7.11 Å². The minimum atomic E-state index is 0.169. The number of ether oxygens (including phenoxy) is 1. The second-order valence-corrected chi connectivity index (χ2v) is 5.07. The largest absolute Gasteiger partial charge is 0.496 e. The van der Waals surface area contributed by atoms with Gasteiger partial charge in [-0.3, -0.25) is 4.79 Å². The van der Waals surface area contributed by atoms with E-state index in [4.69, 9.17) is 4.74 Å². The first-order valence-corrected chi connectivity index (χ1v) is 6.58. The van der Waals surface area contributed by atoms with Crippen molar-refractivity contribution in [2.24, 2.45) is 0 Å². The van der Waals surface area contributed by atoms with Crippen LogP contribution in [0, 0.1) is 0 Å². The number of fused-ring (bicyclic) bond motifs is 1. The number of nitrogens with zero attached hydrogens (tertiary/aromatic N) is 2. The molecule has 19 heavy (non-hydrogen) atoms. The first kappa shape index (κ1) is 12.1. The van der Waals surface area contributed by atoms with Crippen molar-refractivity contribution in [3.8, 4) is 5.75 Å². The Morgan fingerprint density at radius 1 is 1.42 bits per heavy atom. The summed E-state index contributed by atoms with van der Waals surface area (Å²) in [6, 6.07) is 8.36. The molecule has 0 radical (unpaired) electrons. The number of methoxy groups -OCH3 is 1. The van der Waals surface area contributed by atoms with Gasteiger partial charge in [-0.05, 0) is 31.0 Å². The molecule has 4 heteroatoms. The highest BCUT2D eigenvalue weighted by Crippen LogP contribution is 2.28. The molecule has 1 saturated carbocycles. The highest BCUT2D eigenvalue weighted by atomic mass is 16.5. The number of hydrogen-bond donors (Lipinski definition) is 0. The maximum atomic E-state index is 12.2. The van der Waals surface area contributed by atoms with E-state index in [2.05, 4.69) is 0 Å². The lowest BCUT2D eigenvalue weighted by Crippen LogP contribution is -2.31. The maximum Gasteiger partial charge on any atom is 0.242 e. The van der Waals surface area contributed by atoms with E-state index in [0.717, 1.165) is 29.5 Å². The molecule has 1 fully saturated rings. The van der Waals surface area contributed by atoms with Gasteiger partial charge >= 0.3 is 0 Å². The van der Waals surface area contributed by atoms with Crippen molar-refractivity contribution >= 4 is 16.8 Å². The minimum absolute atomic E-state index is 0.169. The molecule has 0 bridgehead atoms. The third-order valence-electron chi connectivity index (χ3n) is 3.79. The molecule has 1 aromatic carbocycles. The topological polar surface area (TPSA) is 34.5 Å². The summed E-state index contributed by atoms with van der Waals surface area (Å²) in [7, 11) is 3.56. The van der Waals surface area contributed by atoms with Crippen LogP contribution in [0.5, 0.6) is 5.75 Å². The van der Waals surface area contributed by atoms with Crippen molar-refractivity contribution < 1.29 is 9.53 Å². The molecule has 4 nitrogen and oxygen atoms in total. The molecule has 1 amide bonds. The van der Waals surface area contributed by atoms with Gasteiger partial charge < -0.3 is 14.2 Å². The molecule has 1 aliphatic carbocycles. The fourth-order valence-corrected chi connectivity index (χ4v) is 2.43. The van der Waals surface area contributed by atoms with E-state index in [1.807, 2.05) is 47.0 Å². The number of amides is 1. The average molecular weight is 258 g/mol. The van der Waals surface area contributed by atoms with E-state index < -0.39 is 0 Å². The van der Waals surface area contributed by atoms with E-state index in [0.29, 0.717) is 12.6 Å². The quantitative estimate of drug-likeness (QED) is 0.843. The predicted octanol–water partition coefficient (Wildman–Crippen LogP) is 2.27. The Bertz CT molecular complexity index is 614. The third-order valence-corrected chi connectivity index (χ3v) is 3.79. The molecule has 1 aromatic heterocycles. The molecule has 0 atom stereocenters. The molecule has 0 saturated heterocycles. The van der Waals surface area contributed by atoms with E-state index >= 15 is 0 Å². The summed E-state index contributed by atoms with van der Waals surface area (Å²) in [5.41, 5.74) is 1.04. The molecule has 0 N–H and O–H groups in total. The van der Waals surface area contributed by atoms with Crippen molar-refractivity contribution in [1.82, 2.24) is 9.47 Å². The van der Waals surface area contributed by atoms with Crippen molar-refractivity contribution in [3.63, 3.8) is 0 Å². The molecule has 0 aliphatic heterocycles. The SMILES string of the molecule is COc1cccc2c1ccn2CC(=O)N(C)C1CC1. The molecule has 0 spiro atoms. The van der Waals surface area contributed by atoms with Crippen LogP contribution in [-0.4, -0.2) is 35.6 Å². The van der Waals surface area contributed by atoms with Gasteiger partial charge in [-0.15, -0.1) is 0 Å². The Balaban J connectivity index is 1.87. The van der Waals surface area contributed by atoms with Crippen LogP contribution in [0.1, 0.15) is 12.8 Å². The molecule has 3 rings (SSSR count). The van der Waals surface area contributed by atoms with Crippen LogP contribution in [0.4, 0.5) is 0 Å². The summed E-state index contributed by atoms with van der Waals surface area (Å²) in [4.78, 5) is 14.0. The van der Waals surface area contributed by atoms with Gasteiger partial charge in [0.15, 0.2) is 0 Å². The molecular weight excluding hydrogens is 240 g/mol. The number of aromatic nitrogens is 1. The molecule has 1 aliphatic rings. The van der Waals surface area contributed by atoms with Gasteiger partial charge in [0, 0.05) is 24.7 Å². The van der Waals surface area contributed by atoms with Crippen molar-refractivity contribution in [2.45, 2.75) is 25.4 Å². The number of benzene rings is 1. The molecular formula is C15H18N2O2. The minimum Gasteiger partial charge on any atom is -0.496 e. The average Bonchev–Trinajstić information content (AvgIpc) is 3.20. The van der Waals surface area contributed by atoms with Crippen LogP contribution in [0.2, 0.25) is 0 Å². The normalized spacial score (nSPS) is 14.6. The van der Waals surface area contributed by atoms with Crippen molar-refractivity contribution in [1.29, 1.82) is 0 Å². The van der Waals surface area contributed by atoms with Gasteiger partial charge in [-0.25, -0.2) is 0 Å². The van der Waals surface area contributed by atoms with Crippen molar-refractivity contribution in [3.05, 3.63) is 30.5 Å². The van der Waals surface area contributed by atoms with Crippen LogP contribution in [0.15, 0.2) is 30.5 Å². The van der Waals surface area contributed by atoms with Gasteiger partial charge in [0.05, 0.1) is 12.6 Å². The number of carbonyl (C=O) groups excluding carboxylic acids is 1. The van der Waals surface area contributed by atoms with Gasteiger partial charge in [0.1, 0.15) is 12.3 Å². The molecule has 2 aromatic rings. The predicted molar refractivity (Wildman–Crippen MR) is 74.3 cm³/mol. The smallest absolute Gasteiger partial charge is 0.242 e. The van der Waals surface area contributed by atoms with Crippen molar-refractivity contribution in [2.75, 3.05) is 14.2 Å². The Morgan fingerprint density at radius 3 is 2.89 bits per heavy atom. The van der Waals surface area contributed by atoms with Gasteiger partial charge in [-0.2, -0.15) is 0 Å². The fourth-order valence-electron chi connectivity index (χ4n) is 2.43. The molecule has 100 valence electrons. The lowest BCUT2D eigenvalue weighted by atomic mass is 10.2. The lowest BCUT2D eigenvalue weighted by Gasteiger charge is -2.17. The summed E-state index contributed by atoms with van der Waals surface area (Å²) in [6.45, 7) is 0.393. The van der Waals surface area contributed by atoms with E-state index in [-0.39, 0.29) is 5.91 Å². The number of rotatable bonds is 4.